The molecule has 9 heteroatoms. The normalized spacial score (nSPS) is 16.5. The molecule has 120 valence electrons. The Balaban J connectivity index is 2.24. The summed E-state index contributed by atoms with van der Waals surface area (Å²) in [6.07, 6.45) is 2.45. The fraction of sp³-hybridized carbons (Fsp3) is 0.462. The van der Waals surface area contributed by atoms with Crippen LogP contribution in [0.25, 0.3) is 0 Å². The highest BCUT2D eigenvalue weighted by Crippen LogP contribution is 2.29. The number of nitrogens with one attached hydrogen (secondary N) is 1. The van der Waals surface area contributed by atoms with Crippen molar-refractivity contribution in [1.29, 1.82) is 0 Å². The molecule has 22 heavy (non-hydrogen) atoms. The number of halogens is 3. The van der Waals surface area contributed by atoms with Crippen molar-refractivity contribution in [3.63, 3.8) is 0 Å². The number of carbonyl (C=O) groups excluding carboxylic acids is 1. The van der Waals surface area contributed by atoms with E-state index in [-0.39, 0.29) is 6.54 Å². The van der Waals surface area contributed by atoms with Crippen LogP contribution in [0.3, 0.4) is 0 Å². The zero-order valence-corrected chi connectivity index (χ0v) is 11.4. The zero-order valence-electron chi connectivity index (χ0n) is 11.4. The molecular weight excluding hydrogens is 305 g/mol. The Hall–Kier alpha value is -2.16. The van der Waals surface area contributed by atoms with Crippen molar-refractivity contribution in [2.45, 2.75) is 31.3 Å². The number of nitrogens with zero attached hydrogens (tertiary/aromatic N) is 1. The molecule has 0 aliphatic heterocycles. The molecule has 6 nitrogen and oxygen atoms in total. The fourth-order valence-electron chi connectivity index (χ4n) is 2.44. The van der Waals surface area contributed by atoms with Gasteiger partial charge in [-0.15, -0.1) is 0 Å². The monoisotopic (exact) mass is 318 g/mol. The van der Waals surface area contributed by atoms with E-state index >= 15 is 0 Å². The third-order valence-electron chi connectivity index (χ3n) is 3.68. The lowest BCUT2D eigenvalue weighted by atomic mass is 10.0. The number of benzene rings is 1. The van der Waals surface area contributed by atoms with E-state index in [0.29, 0.717) is 18.9 Å². The van der Waals surface area contributed by atoms with E-state index in [0.717, 1.165) is 12.8 Å². The predicted molar refractivity (Wildman–Crippen MR) is 68.7 cm³/mol. The lowest BCUT2D eigenvalue weighted by Gasteiger charge is -2.22. The van der Waals surface area contributed by atoms with E-state index in [9.17, 15) is 33.2 Å². The molecule has 1 saturated carbocycles. The van der Waals surface area contributed by atoms with Gasteiger partial charge in [-0.1, -0.05) is 12.8 Å². The Kier molecular flexibility index (Phi) is 4.36. The van der Waals surface area contributed by atoms with Gasteiger partial charge in [-0.3, -0.25) is 14.9 Å². The molecule has 0 heterocycles. The van der Waals surface area contributed by atoms with Crippen LogP contribution >= 0.6 is 0 Å². The quantitative estimate of drug-likeness (QED) is 0.505. The highest BCUT2D eigenvalue weighted by atomic mass is 19.2. The van der Waals surface area contributed by atoms with Crippen molar-refractivity contribution < 1.29 is 28.0 Å². The summed E-state index contributed by atoms with van der Waals surface area (Å²) in [4.78, 5) is 21.2. The second-order valence-corrected chi connectivity index (χ2v) is 5.26. The number of nitro benzene ring substituents is 1. The van der Waals surface area contributed by atoms with Gasteiger partial charge in [0.25, 0.3) is 5.91 Å². The first-order valence-corrected chi connectivity index (χ1v) is 6.57. The van der Waals surface area contributed by atoms with Crippen molar-refractivity contribution in [3.8, 4) is 0 Å². The SMILES string of the molecule is O=C(NCC1(O)CCCC1)c1cc([N+](=O)[O-])c(F)c(F)c1F. The maximum Gasteiger partial charge on any atom is 0.308 e. The van der Waals surface area contributed by atoms with Crippen molar-refractivity contribution >= 4 is 11.6 Å². The molecule has 0 atom stereocenters. The summed E-state index contributed by atoms with van der Waals surface area (Å²) < 4.78 is 40.1. The topological polar surface area (TPSA) is 92.5 Å². The highest BCUT2D eigenvalue weighted by Gasteiger charge is 2.33. The molecule has 0 saturated heterocycles. The average Bonchev–Trinajstić information content (AvgIpc) is 2.89. The van der Waals surface area contributed by atoms with Gasteiger partial charge in [0.1, 0.15) is 0 Å². The van der Waals surface area contributed by atoms with Crippen molar-refractivity contribution in [3.05, 3.63) is 39.2 Å². The van der Waals surface area contributed by atoms with Crippen LogP contribution in [-0.4, -0.2) is 28.1 Å². The molecule has 1 fully saturated rings. The van der Waals surface area contributed by atoms with E-state index in [1.54, 1.807) is 0 Å². The molecule has 2 rings (SSSR count). The van der Waals surface area contributed by atoms with Gasteiger partial charge < -0.3 is 10.4 Å². The van der Waals surface area contributed by atoms with Gasteiger partial charge in [0.05, 0.1) is 16.1 Å². The molecule has 1 aromatic carbocycles. The number of aliphatic hydroxyl groups is 1. The minimum Gasteiger partial charge on any atom is -0.388 e. The lowest BCUT2D eigenvalue weighted by Crippen LogP contribution is -2.41. The van der Waals surface area contributed by atoms with Gasteiger partial charge in [-0.25, -0.2) is 8.78 Å². The summed E-state index contributed by atoms with van der Waals surface area (Å²) in [5.41, 5.74) is -3.44. The van der Waals surface area contributed by atoms with E-state index in [2.05, 4.69) is 5.32 Å². The molecule has 0 radical (unpaired) electrons. The molecule has 1 amide bonds. The Morgan fingerprint density at radius 1 is 1.27 bits per heavy atom. The molecule has 0 aromatic heterocycles. The van der Waals surface area contributed by atoms with Crippen LogP contribution in [0.2, 0.25) is 0 Å². The Morgan fingerprint density at radius 2 is 1.86 bits per heavy atom. The van der Waals surface area contributed by atoms with E-state index < -0.39 is 45.1 Å². The van der Waals surface area contributed by atoms with Crippen LogP contribution in [0.15, 0.2) is 6.07 Å². The Morgan fingerprint density at radius 3 is 2.41 bits per heavy atom. The Bertz CT molecular complexity index is 630. The summed E-state index contributed by atoms with van der Waals surface area (Å²) in [7, 11) is 0. The third-order valence-corrected chi connectivity index (χ3v) is 3.68. The smallest absolute Gasteiger partial charge is 0.308 e. The predicted octanol–water partition coefficient (Wildman–Crippen LogP) is 2.05. The molecule has 1 aromatic rings. The first kappa shape index (κ1) is 16.2. The third kappa shape index (κ3) is 3.03. The zero-order chi connectivity index (χ0) is 16.5. The number of hydrogen-bond donors (Lipinski definition) is 2. The molecular formula is C13H13F3N2O4. The van der Waals surface area contributed by atoms with Crippen LogP contribution in [0, 0.1) is 27.6 Å². The van der Waals surface area contributed by atoms with Gasteiger partial charge in [-0.2, -0.15) is 4.39 Å². The summed E-state index contributed by atoms with van der Waals surface area (Å²) in [5.74, 6) is -7.01. The van der Waals surface area contributed by atoms with Gasteiger partial charge in [-0.05, 0) is 12.8 Å². The highest BCUT2D eigenvalue weighted by molar-refractivity contribution is 5.95. The molecule has 0 spiro atoms. The molecule has 0 unspecified atom stereocenters. The maximum atomic E-state index is 13.6. The van der Waals surface area contributed by atoms with Gasteiger partial charge in [0.2, 0.25) is 11.6 Å². The van der Waals surface area contributed by atoms with Crippen LogP contribution < -0.4 is 5.32 Å². The molecule has 1 aliphatic rings. The molecule has 1 aliphatic carbocycles. The number of carbonyl (C=O) groups is 1. The summed E-state index contributed by atoms with van der Waals surface area (Å²) in [6, 6.07) is 0.335. The van der Waals surface area contributed by atoms with Gasteiger partial charge >= 0.3 is 5.69 Å². The number of amides is 1. The first-order valence-electron chi connectivity index (χ1n) is 6.57. The van der Waals surface area contributed by atoms with Gasteiger partial charge in [0.15, 0.2) is 5.82 Å². The number of rotatable bonds is 4. The fourth-order valence-corrected chi connectivity index (χ4v) is 2.44. The van der Waals surface area contributed by atoms with Crippen molar-refractivity contribution in [1.82, 2.24) is 5.32 Å². The average molecular weight is 318 g/mol. The molecule has 0 bridgehead atoms. The first-order chi connectivity index (χ1) is 10.2. The summed E-state index contributed by atoms with van der Waals surface area (Å²) in [5, 5.41) is 22.8. The van der Waals surface area contributed by atoms with Crippen molar-refractivity contribution in [2.75, 3.05) is 6.54 Å². The summed E-state index contributed by atoms with van der Waals surface area (Å²) >= 11 is 0. The number of hydrogen-bond acceptors (Lipinski definition) is 4. The summed E-state index contributed by atoms with van der Waals surface area (Å²) in [6.45, 7) is -0.196. The van der Waals surface area contributed by atoms with Gasteiger partial charge in [0, 0.05) is 12.6 Å². The van der Waals surface area contributed by atoms with Crippen LogP contribution in [0.5, 0.6) is 0 Å². The van der Waals surface area contributed by atoms with E-state index in [1.807, 2.05) is 0 Å². The maximum absolute atomic E-state index is 13.6. The second-order valence-electron chi connectivity index (χ2n) is 5.26. The van der Waals surface area contributed by atoms with Crippen LogP contribution in [0.1, 0.15) is 36.0 Å². The second kappa shape index (κ2) is 5.91. The molecule has 2 N–H and O–H groups in total. The minimum atomic E-state index is -2.08. The van der Waals surface area contributed by atoms with Crippen LogP contribution in [-0.2, 0) is 0 Å². The van der Waals surface area contributed by atoms with E-state index in [4.69, 9.17) is 0 Å². The van der Waals surface area contributed by atoms with Crippen LogP contribution in [0.4, 0.5) is 18.9 Å². The lowest BCUT2D eigenvalue weighted by molar-refractivity contribution is -0.387. The van der Waals surface area contributed by atoms with Crippen molar-refractivity contribution in [2.24, 2.45) is 0 Å². The minimum absolute atomic E-state index is 0.196. The van der Waals surface area contributed by atoms with E-state index in [1.165, 1.54) is 0 Å². The largest absolute Gasteiger partial charge is 0.388 e. The standard InChI is InChI=1S/C13H13F3N2O4/c14-9-7(5-8(18(21)22)10(15)11(9)16)12(19)17-6-13(20)3-1-2-4-13/h5,20H,1-4,6H2,(H,17,19). The Labute approximate surface area is 123 Å². The number of nitro groups is 1.